The van der Waals surface area contributed by atoms with Crippen molar-refractivity contribution < 1.29 is 9.13 Å². The van der Waals surface area contributed by atoms with Crippen LogP contribution in [0.5, 0.6) is 5.75 Å². The molecule has 0 radical (unpaired) electrons. The molecule has 7 nitrogen and oxygen atoms in total. The van der Waals surface area contributed by atoms with Crippen molar-refractivity contribution in [3.8, 4) is 17.5 Å². The summed E-state index contributed by atoms with van der Waals surface area (Å²) in [5.74, 6) is 6.51. The maximum absolute atomic E-state index is 13.1. The van der Waals surface area contributed by atoms with Crippen molar-refractivity contribution in [2.75, 3.05) is 11.6 Å². The SMILES string of the molecule is N#Cc1ncn2c1C/C(=C(/N)COc1ccc(F)cc1)N(N)c1cc(Cl)ccc1-2. The summed E-state index contributed by atoms with van der Waals surface area (Å²) < 4.78 is 20.5. The molecular formula is C20H16ClFN6O. The maximum Gasteiger partial charge on any atom is 0.162 e. The first-order chi connectivity index (χ1) is 14.0. The lowest BCUT2D eigenvalue weighted by atomic mass is 10.1. The van der Waals surface area contributed by atoms with E-state index in [0.717, 1.165) is 5.69 Å². The van der Waals surface area contributed by atoms with Crippen LogP contribution in [0.3, 0.4) is 0 Å². The molecule has 0 bridgehead atoms. The van der Waals surface area contributed by atoms with Gasteiger partial charge in [-0.25, -0.2) is 15.2 Å². The fourth-order valence-corrected chi connectivity index (χ4v) is 3.34. The zero-order chi connectivity index (χ0) is 20.5. The monoisotopic (exact) mass is 410 g/mol. The molecule has 146 valence electrons. The number of aromatic nitrogens is 2. The standard InChI is InChI=1S/C20H16ClFN6O/c21-12-1-6-17-20(7-12)28(25)18(8-19-16(9-23)26-11-27(17)19)15(24)10-29-14-4-2-13(22)3-5-14/h1-7,11H,8,10,24-25H2/b18-15-. The van der Waals surface area contributed by atoms with E-state index in [1.165, 1.54) is 29.3 Å². The summed E-state index contributed by atoms with van der Waals surface area (Å²) in [6, 6.07) is 13.0. The third-order valence-electron chi connectivity index (χ3n) is 4.63. The van der Waals surface area contributed by atoms with Crippen molar-refractivity contribution >= 4 is 17.3 Å². The fraction of sp³-hybridized carbons (Fsp3) is 0.100. The molecule has 2 heterocycles. The number of nitriles is 1. The second kappa shape index (κ2) is 7.47. The minimum absolute atomic E-state index is 0.0284. The van der Waals surface area contributed by atoms with Crippen molar-refractivity contribution in [2.24, 2.45) is 11.6 Å². The van der Waals surface area contributed by atoms with Crippen LogP contribution in [-0.2, 0) is 6.42 Å². The molecule has 9 heteroatoms. The van der Waals surface area contributed by atoms with E-state index in [1.54, 1.807) is 29.1 Å². The van der Waals surface area contributed by atoms with E-state index in [4.69, 9.17) is 27.9 Å². The highest BCUT2D eigenvalue weighted by Gasteiger charge is 2.26. The van der Waals surface area contributed by atoms with Gasteiger partial charge >= 0.3 is 0 Å². The molecule has 1 aliphatic heterocycles. The zero-order valence-electron chi connectivity index (χ0n) is 15.1. The lowest BCUT2D eigenvalue weighted by molar-refractivity contribution is 0.347. The first-order valence-corrected chi connectivity index (χ1v) is 9.02. The van der Waals surface area contributed by atoms with Crippen molar-refractivity contribution in [3.63, 3.8) is 0 Å². The molecule has 29 heavy (non-hydrogen) atoms. The van der Waals surface area contributed by atoms with Crippen LogP contribution in [0.25, 0.3) is 5.69 Å². The number of fused-ring (bicyclic) bond motifs is 3. The fourth-order valence-electron chi connectivity index (χ4n) is 3.17. The van der Waals surface area contributed by atoms with Crippen LogP contribution in [0.15, 0.2) is 60.2 Å². The minimum Gasteiger partial charge on any atom is -0.487 e. The van der Waals surface area contributed by atoms with E-state index in [9.17, 15) is 9.65 Å². The molecular weight excluding hydrogens is 395 g/mol. The van der Waals surface area contributed by atoms with Crippen molar-refractivity contribution in [3.05, 3.63) is 82.4 Å². The smallest absolute Gasteiger partial charge is 0.162 e. The number of rotatable bonds is 3. The van der Waals surface area contributed by atoms with Gasteiger partial charge in [0.25, 0.3) is 0 Å². The van der Waals surface area contributed by atoms with Gasteiger partial charge in [0.2, 0.25) is 0 Å². The second-order valence-electron chi connectivity index (χ2n) is 6.42. The number of hydrogen-bond donors (Lipinski definition) is 2. The van der Waals surface area contributed by atoms with Crippen LogP contribution < -0.4 is 21.3 Å². The summed E-state index contributed by atoms with van der Waals surface area (Å²) >= 11 is 6.17. The Morgan fingerprint density at radius 2 is 2.00 bits per heavy atom. The van der Waals surface area contributed by atoms with Gasteiger partial charge in [0, 0.05) is 11.4 Å². The molecule has 2 aromatic carbocycles. The van der Waals surface area contributed by atoms with E-state index in [0.29, 0.717) is 33.5 Å². The van der Waals surface area contributed by atoms with E-state index in [2.05, 4.69) is 11.1 Å². The maximum atomic E-state index is 13.1. The zero-order valence-corrected chi connectivity index (χ0v) is 15.9. The van der Waals surface area contributed by atoms with Gasteiger partial charge in [0.1, 0.15) is 30.6 Å². The Balaban J connectivity index is 1.76. The van der Waals surface area contributed by atoms with Gasteiger partial charge in [-0.05, 0) is 42.5 Å². The van der Waals surface area contributed by atoms with Gasteiger partial charge in [-0.1, -0.05) is 11.6 Å². The number of nitrogens with two attached hydrogens (primary N) is 2. The molecule has 3 aromatic rings. The Bertz CT molecular complexity index is 1150. The van der Waals surface area contributed by atoms with E-state index in [1.807, 2.05) is 0 Å². The number of ether oxygens (including phenoxy) is 1. The van der Waals surface area contributed by atoms with E-state index in [-0.39, 0.29) is 24.5 Å². The highest BCUT2D eigenvalue weighted by molar-refractivity contribution is 6.31. The molecule has 1 aliphatic rings. The minimum atomic E-state index is -0.355. The third kappa shape index (κ3) is 3.49. The highest BCUT2D eigenvalue weighted by Crippen LogP contribution is 2.35. The highest BCUT2D eigenvalue weighted by atomic mass is 35.5. The molecule has 4 rings (SSSR count). The molecule has 0 saturated carbocycles. The Labute approximate surface area is 171 Å². The number of halogens is 2. The quantitative estimate of drug-likeness (QED) is 0.643. The van der Waals surface area contributed by atoms with Gasteiger partial charge in [0.05, 0.1) is 28.5 Å². The molecule has 0 aliphatic carbocycles. The van der Waals surface area contributed by atoms with Crippen LogP contribution in [-0.4, -0.2) is 16.2 Å². The average molecular weight is 411 g/mol. The second-order valence-corrected chi connectivity index (χ2v) is 6.85. The van der Waals surface area contributed by atoms with Crippen molar-refractivity contribution in [2.45, 2.75) is 6.42 Å². The lowest BCUT2D eigenvalue weighted by Gasteiger charge is -2.23. The summed E-state index contributed by atoms with van der Waals surface area (Å²) in [7, 11) is 0. The summed E-state index contributed by atoms with van der Waals surface area (Å²) in [4.78, 5) is 4.18. The summed E-state index contributed by atoms with van der Waals surface area (Å²) in [6.07, 6.45) is 1.84. The molecule has 0 amide bonds. The van der Waals surface area contributed by atoms with Gasteiger partial charge in [-0.3, -0.25) is 9.58 Å². The van der Waals surface area contributed by atoms with Crippen LogP contribution >= 0.6 is 11.6 Å². The third-order valence-corrected chi connectivity index (χ3v) is 4.87. The number of nitrogens with zero attached hydrogens (tertiary/aromatic N) is 4. The van der Waals surface area contributed by atoms with E-state index < -0.39 is 0 Å². The van der Waals surface area contributed by atoms with Crippen molar-refractivity contribution in [1.82, 2.24) is 9.55 Å². The van der Waals surface area contributed by atoms with Crippen molar-refractivity contribution in [1.29, 1.82) is 5.26 Å². The number of hydrogen-bond acceptors (Lipinski definition) is 6. The molecule has 0 saturated heterocycles. The van der Waals surface area contributed by atoms with Gasteiger partial charge < -0.3 is 10.5 Å². The van der Waals surface area contributed by atoms with Gasteiger partial charge in [-0.15, -0.1) is 0 Å². The Kier molecular flexibility index (Phi) is 4.84. The Hall–Kier alpha value is -3.54. The van der Waals surface area contributed by atoms with Gasteiger partial charge in [-0.2, -0.15) is 5.26 Å². The first-order valence-electron chi connectivity index (χ1n) is 8.65. The number of allylic oxidation sites excluding steroid dienone is 1. The molecule has 0 unspecified atom stereocenters. The van der Waals surface area contributed by atoms with E-state index >= 15 is 0 Å². The molecule has 0 atom stereocenters. The number of anilines is 1. The number of benzene rings is 2. The van der Waals surface area contributed by atoms with Crippen LogP contribution in [0.1, 0.15) is 11.4 Å². The average Bonchev–Trinajstić information content (AvgIpc) is 3.08. The molecule has 0 fully saturated rings. The Morgan fingerprint density at radius 1 is 1.24 bits per heavy atom. The normalized spacial score (nSPS) is 14.5. The molecule has 1 aromatic heterocycles. The van der Waals surface area contributed by atoms with Gasteiger partial charge in [0.15, 0.2) is 5.69 Å². The largest absolute Gasteiger partial charge is 0.487 e. The molecule has 0 spiro atoms. The summed E-state index contributed by atoms with van der Waals surface area (Å²) in [5.41, 5.74) is 9.50. The predicted octanol–water partition coefficient (Wildman–Crippen LogP) is 3.02. The lowest BCUT2D eigenvalue weighted by Crippen LogP contribution is -2.34. The first kappa shape index (κ1) is 18.8. The molecule has 4 N–H and O–H groups in total. The number of imidazole rings is 1. The topological polar surface area (TPSA) is 106 Å². The summed E-state index contributed by atoms with van der Waals surface area (Å²) in [5, 5.41) is 11.4. The van der Waals surface area contributed by atoms with Crippen LogP contribution in [0, 0.1) is 17.1 Å². The predicted molar refractivity (Wildman–Crippen MR) is 107 cm³/mol. The van der Waals surface area contributed by atoms with Crippen LogP contribution in [0.2, 0.25) is 5.02 Å². The Morgan fingerprint density at radius 3 is 2.72 bits per heavy atom. The van der Waals surface area contributed by atoms with Crippen LogP contribution in [0.4, 0.5) is 10.1 Å². The number of hydrazine groups is 1. The summed E-state index contributed by atoms with van der Waals surface area (Å²) in [6.45, 7) is 0.0284.